The number of carbonyl (C=O) groups is 1. The molecule has 0 saturated carbocycles. The fraction of sp³-hybridized carbons (Fsp3) is 0.208. The summed E-state index contributed by atoms with van der Waals surface area (Å²) in [5.74, 6) is -0.250. The van der Waals surface area contributed by atoms with Crippen LogP contribution in [0.25, 0.3) is 0 Å². The van der Waals surface area contributed by atoms with Gasteiger partial charge in [-0.2, -0.15) is 4.72 Å². The number of nitrogens with one attached hydrogen (secondary N) is 2. The number of amides is 1. The Bertz CT molecular complexity index is 1220. The highest BCUT2D eigenvalue weighted by molar-refractivity contribution is 7.89. The molecule has 0 saturated heterocycles. The van der Waals surface area contributed by atoms with Crippen LogP contribution in [-0.4, -0.2) is 39.6 Å². The van der Waals surface area contributed by atoms with Crippen molar-refractivity contribution in [2.45, 2.75) is 23.5 Å². The van der Waals surface area contributed by atoms with Crippen LogP contribution in [0.1, 0.15) is 5.56 Å². The van der Waals surface area contributed by atoms with Gasteiger partial charge >= 0.3 is 0 Å². The van der Waals surface area contributed by atoms with Crippen LogP contribution >= 0.6 is 0 Å². The predicted octanol–water partition coefficient (Wildman–Crippen LogP) is 2.67. The molecular weight excluding hydrogens is 447 g/mol. The number of hydrogen-bond acceptors (Lipinski definition) is 5. The quantitative estimate of drug-likeness (QED) is 0.528. The molecule has 1 amide bonds. The molecule has 0 aromatic heterocycles. The third-order valence-electron chi connectivity index (χ3n) is 5.09. The Morgan fingerprint density at radius 3 is 2.39 bits per heavy atom. The summed E-state index contributed by atoms with van der Waals surface area (Å²) < 4.78 is 53.6. The Kier molecular flexibility index (Phi) is 6.90. The molecule has 0 bridgehead atoms. The van der Waals surface area contributed by atoms with E-state index >= 15 is 0 Å². The van der Waals surface area contributed by atoms with E-state index in [0.717, 1.165) is 17.7 Å². The lowest BCUT2D eigenvalue weighted by molar-refractivity contribution is -0.123. The summed E-state index contributed by atoms with van der Waals surface area (Å²) in [6, 6.07) is 20.0. The highest BCUT2D eigenvalue weighted by atomic mass is 32.2. The Labute approximate surface area is 191 Å². The van der Waals surface area contributed by atoms with Crippen LogP contribution in [0, 0.1) is 5.82 Å². The van der Waals surface area contributed by atoms with Crippen LogP contribution in [0.3, 0.4) is 0 Å². The highest BCUT2D eigenvalue weighted by Crippen LogP contribution is 2.30. The van der Waals surface area contributed by atoms with Crippen LogP contribution < -0.4 is 19.5 Å². The zero-order chi connectivity index (χ0) is 23.3. The lowest BCUT2D eigenvalue weighted by atomic mass is 10.1. The lowest BCUT2D eigenvalue weighted by Crippen LogP contribution is -2.50. The first-order chi connectivity index (χ1) is 15.9. The molecule has 2 unspecified atom stereocenters. The van der Waals surface area contributed by atoms with Gasteiger partial charge in [0.25, 0.3) is 0 Å². The number of benzene rings is 3. The molecule has 33 heavy (non-hydrogen) atoms. The summed E-state index contributed by atoms with van der Waals surface area (Å²) in [6.45, 7) is 0.349. The van der Waals surface area contributed by atoms with Crippen LogP contribution in [0.5, 0.6) is 11.5 Å². The van der Waals surface area contributed by atoms with Crippen LogP contribution in [0.2, 0.25) is 0 Å². The minimum absolute atomic E-state index is 0.0885. The molecule has 0 radical (unpaired) electrons. The summed E-state index contributed by atoms with van der Waals surface area (Å²) in [5.41, 5.74) is 0.750. The summed E-state index contributed by atoms with van der Waals surface area (Å²) in [6.07, 6.45) is -0.352. The molecule has 3 aromatic carbocycles. The van der Waals surface area contributed by atoms with Gasteiger partial charge in [0.1, 0.15) is 29.5 Å². The summed E-state index contributed by atoms with van der Waals surface area (Å²) in [4.78, 5) is 12.5. The molecule has 0 fully saturated rings. The van der Waals surface area contributed by atoms with Crippen LogP contribution in [0.4, 0.5) is 4.39 Å². The Morgan fingerprint density at radius 2 is 1.64 bits per heavy atom. The Hall–Kier alpha value is -3.43. The average molecular weight is 471 g/mol. The van der Waals surface area contributed by atoms with Gasteiger partial charge in [0.15, 0.2) is 11.5 Å². The highest BCUT2D eigenvalue weighted by Gasteiger charge is 2.29. The Balaban J connectivity index is 1.47. The van der Waals surface area contributed by atoms with Gasteiger partial charge in [0, 0.05) is 0 Å². The first kappa shape index (κ1) is 22.8. The number of hydrogen-bond donors (Lipinski definition) is 2. The normalized spacial score (nSPS) is 16.1. The van der Waals surface area contributed by atoms with E-state index < -0.39 is 38.8 Å². The molecule has 0 spiro atoms. The van der Waals surface area contributed by atoms with Gasteiger partial charge in [-0.15, -0.1) is 0 Å². The zero-order valence-electron chi connectivity index (χ0n) is 17.6. The largest absolute Gasteiger partial charge is 0.486 e. The first-order valence-corrected chi connectivity index (χ1v) is 11.9. The SMILES string of the molecule is O=C(NCC1COc2ccccc2O1)C(Cc1ccccc1)NS(=O)(=O)c1ccccc1F. The number of ether oxygens (including phenoxy) is 2. The van der Waals surface area contributed by atoms with E-state index in [2.05, 4.69) is 10.0 Å². The average Bonchev–Trinajstić information content (AvgIpc) is 2.82. The molecule has 172 valence electrons. The molecule has 0 aliphatic carbocycles. The van der Waals surface area contributed by atoms with Crippen molar-refractivity contribution in [2.75, 3.05) is 13.2 Å². The molecule has 1 aliphatic rings. The van der Waals surface area contributed by atoms with Gasteiger partial charge in [0.2, 0.25) is 15.9 Å². The van der Waals surface area contributed by atoms with E-state index in [4.69, 9.17) is 9.47 Å². The van der Waals surface area contributed by atoms with E-state index in [1.54, 1.807) is 36.4 Å². The number of fused-ring (bicyclic) bond motifs is 1. The second-order valence-corrected chi connectivity index (χ2v) is 9.22. The van der Waals surface area contributed by atoms with Crippen molar-refractivity contribution in [3.05, 3.63) is 90.2 Å². The number of carbonyl (C=O) groups excluding carboxylic acids is 1. The van der Waals surface area contributed by atoms with Gasteiger partial charge in [-0.25, -0.2) is 12.8 Å². The van der Waals surface area contributed by atoms with E-state index in [1.165, 1.54) is 12.1 Å². The van der Waals surface area contributed by atoms with Crippen molar-refractivity contribution >= 4 is 15.9 Å². The van der Waals surface area contributed by atoms with Crippen molar-refractivity contribution in [2.24, 2.45) is 0 Å². The van der Waals surface area contributed by atoms with Gasteiger partial charge in [-0.1, -0.05) is 54.6 Å². The van der Waals surface area contributed by atoms with Crippen LogP contribution in [0.15, 0.2) is 83.8 Å². The maximum Gasteiger partial charge on any atom is 0.244 e. The van der Waals surface area contributed by atoms with Gasteiger partial charge in [-0.05, 0) is 36.2 Å². The standard InChI is InChI=1S/C24H23FN2O5S/c25-19-10-4-7-13-23(19)33(29,30)27-20(14-17-8-2-1-3-9-17)24(28)26-15-18-16-31-21-11-5-6-12-22(21)32-18/h1-13,18,20,27H,14-16H2,(H,26,28). The summed E-state index contributed by atoms with van der Waals surface area (Å²) in [5, 5.41) is 2.73. The minimum Gasteiger partial charge on any atom is -0.486 e. The molecular formula is C24H23FN2O5S. The van der Waals surface area contributed by atoms with Crippen molar-refractivity contribution < 1.29 is 27.1 Å². The van der Waals surface area contributed by atoms with Gasteiger partial charge < -0.3 is 14.8 Å². The third kappa shape index (κ3) is 5.68. The van der Waals surface area contributed by atoms with Gasteiger partial charge in [0.05, 0.1) is 6.54 Å². The minimum atomic E-state index is -4.28. The van der Waals surface area contributed by atoms with Crippen molar-refractivity contribution in [1.29, 1.82) is 0 Å². The smallest absolute Gasteiger partial charge is 0.244 e. The van der Waals surface area contributed by atoms with E-state index in [-0.39, 0.29) is 19.6 Å². The fourth-order valence-electron chi connectivity index (χ4n) is 3.45. The number of sulfonamides is 1. The molecule has 1 heterocycles. The number of rotatable bonds is 8. The topological polar surface area (TPSA) is 93.7 Å². The van der Waals surface area contributed by atoms with E-state index in [9.17, 15) is 17.6 Å². The molecule has 9 heteroatoms. The summed E-state index contributed by atoms with van der Waals surface area (Å²) >= 11 is 0. The molecule has 7 nitrogen and oxygen atoms in total. The Morgan fingerprint density at radius 1 is 0.970 bits per heavy atom. The number of halogens is 1. The van der Waals surface area contributed by atoms with E-state index in [1.807, 2.05) is 18.2 Å². The second-order valence-electron chi connectivity index (χ2n) is 7.54. The maximum atomic E-state index is 14.1. The van der Waals surface area contributed by atoms with Gasteiger partial charge in [-0.3, -0.25) is 4.79 Å². The predicted molar refractivity (Wildman–Crippen MR) is 120 cm³/mol. The molecule has 1 aliphatic heterocycles. The molecule has 3 aromatic rings. The van der Waals surface area contributed by atoms with Crippen LogP contribution in [-0.2, 0) is 21.2 Å². The second kappa shape index (κ2) is 10.0. The van der Waals surface area contributed by atoms with Crippen molar-refractivity contribution in [3.63, 3.8) is 0 Å². The number of para-hydroxylation sites is 2. The van der Waals surface area contributed by atoms with Crippen molar-refractivity contribution in [3.8, 4) is 11.5 Å². The third-order valence-corrected chi connectivity index (χ3v) is 6.60. The molecule has 2 atom stereocenters. The monoisotopic (exact) mass is 470 g/mol. The zero-order valence-corrected chi connectivity index (χ0v) is 18.4. The molecule has 4 rings (SSSR count). The first-order valence-electron chi connectivity index (χ1n) is 10.4. The fourth-order valence-corrected chi connectivity index (χ4v) is 4.73. The van der Waals surface area contributed by atoms with E-state index in [0.29, 0.717) is 11.5 Å². The summed E-state index contributed by atoms with van der Waals surface area (Å²) in [7, 11) is -4.28. The maximum absolute atomic E-state index is 14.1. The van der Waals surface area contributed by atoms with Crippen molar-refractivity contribution in [1.82, 2.24) is 10.0 Å². The lowest BCUT2D eigenvalue weighted by Gasteiger charge is -2.27. The molecule has 2 N–H and O–H groups in total.